The van der Waals surface area contributed by atoms with E-state index in [2.05, 4.69) is 11.8 Å². The van der Waals surface area contributed by atoms with Gasteiger partial charge < -0.3 is 10.2 Å². The maximum absolute atomic E-state index is 8.92. The lowest BCUT2D eigenvalue weighted by Crippen LogP contribution is -2.30. The van der Waals surface area contributed by atoms with Crippen LogP contribution in [0.3, 0.4) is 0 Å². The Labute approximate surface area is 138 Å². The first-order valence-corrected chi connectivity index (χ1v) is 8.79. The Morgan fingerprint density at radius 1 is 0.571 bits per heavy atom. The molecule has 0 heterocycles. The Morgan fingerprint density at radius 3 is 1.33 bits per heavy atom. The van der Waals surface area contributed by atoms with Crippen molar-refractivity contribution in [2.24, 2.45) is 0 Å². The molecule has 4 heteroatoms. The van der Waals surface area contributed by atoms with E-state index in [-0.39, 0.29) is 25.6 Å². The zero-order valence-corrected chi connectivity index (χ0v) is 14.9. The van der Waals surface area contributed by atoms with Gasteiger partial charge in [-0.2, -0.15) is 0 Å². The minimum atomic E-state index is 0. The van der Waals surface area contributed by atoms with Gasteiger partial charge >= 0.3 is 0 Å². The maximum Gasteiger partial charge on any atom is 0.0558 e. The van der Waals surface area contributed by atoms with Crippen LogP contribution in [0, 0.1) is 0 Å². The van der Waals surface area contributed by atoms with Crippen LogP contribution < -0.4 is 0 Å². The van der Waals surface area contributed by atoms with E-state index in [1.54, 1.807) is 0 Å². The third-order valence-electron chi connectivity index (χ3n) is 3.91. The summed E-state index contributed by atoms with van der Waals surface area (Å²) in [5.74, 6) is 0. The molecule has 0 aliphatic rings. The van der Waals surface area contributed by atoms with Gasteiger partial charge in [-0.25, -0.2) is 0 Å². The molecular weight excluding hydrogens is 286 g/mol. The van der Waals surface area contributed by atoms with Gasteiger partial charge in [0.25, 0.3) is 0 Å². The van der Waals surface area contributed by atoms with Crippen LogP contribution in [0.15, 0.2) is 0 Å². The predicted octanol–water partition coefficient (Wildman–Crippen LogP) is 4.01. The normalized spacial score (nSPS) is 10.9. The number of hydrogen-bond acceptors (Lipinski definition) is 3. The van der Waals surface area contributed by atoms with Crippen molar-refractivity contribution in [1.29, 1.82) is 0 Å². The van der Waals surface area contributed by atoms with E-state index in [1.165, 1.54) is 70.6 Å². The zero-order chi connectivity index (χ0) is 14.9. The van der Waals surface area contributed by atoms with Crippen LogP contribution in [-0.4, -0.2) is 48.0 Å². The second kappa shape index (κ2) is 20.2. The smallest absolute Gasteiger partial charge is 0.0558 e. The third-order valence-corrected chi connectivity index (χ3v) is 3.91. The van der Waals surface area contributed by atoms with E-state index in [0.717, 1.165) is 6.54 Å². The Balaban J connectivity index is 0. The number of unbranched alkanes of at least 4 members (excludes halogenated alkanes) is 10. The second-order valence-electron chi connectivity index (χ2n) is 5.82. The minimum absolute atomic E-state index is 0. The van der Waals surface area contributed by atoms with E-state index in [9.17, 15) is 0 Å². The highest BCUT2D eigenvalue weighted by atomic mass is 35.5. The standard InChI is InChI=1S/C17H37NO2.ClH/c1-2-3-4-5-6-7-8-9-10-11-12-13-18(14-16-19)15-17-20;/h19-20H,2-17H2,1H3;1H. The van der Waals surface area contributed by atoms with E-state index in [4.69, 9.17) is 10.2 Å². The summed E-state index contributed by atoms with van der Waals surface area (Å²) in [6.45, 7) is 5.05. The molecule has 3 nitrogen and oxygen atoms in total. The van der Waals surface area contributed by atoms with Crippen molar-refractivity contribution in [2.45, 2.75) is 77.6 Å². The third kappa shape index (κ3) is 18.1. The van der Waals surface area contributed by atoms with Crippen LogP contribution in [0.5, 0.6) is 0 Å². The minimum Gasteiger partial charge on any atom is -0.395 e. The number of hydrogen-bond donors (Lipinski definition) is 2. The number of halogens is 1. The van der Waals surface area contributed by atoms with Gasteiger partial charge in [0.15, 0.2) is 0 Å². The van der Waals surface area contributed by atoms with Gasteiger partial charge in [0, 0.05) is 13.1 Å². The van der Waals surface area contributed by atoms with E-state index < -0.39 is 0 Å². The van der Waals surface area contributed by atoms with Crippen LogP contribution in [0.1, 0.15) is 77.6 Å². The average Bonchev–Trinajstić information content (AvgIpc) is 2.45. The van der Waals surface area contributed by atoms with Gasteiger partial charge in [-0.05, 0) is 13.0 Å². The first-order valence-electron chi connectivity index (χ1n) is 8.79. The van der Waals surface area contributed by atoms with Gasteiger partial charge in [-0.15, -0.1) is 12.4 Å². The molecule has 0 aromatic carbocycles. The van der Waals surface area contributed by atoms with Crippen LogP contribution in [-0.2, 0) is 0 Å². The highest BCUT2D eigenvalue weighted by Gasteiger charge is 2.02. The first-order chi connectivity index (χ1) is 9.85. The van der Waals surface area contributed by atoms with Crippen molar-refractivity contribution in [1.82, 2.24) is 4.90 Å². The summed E-state index contributed by atoms with van der Waals surface area (Å²) in [6.07, 6.45) is 15.0. The van der Waals surface area contributed by atoms with E-state index in [0.29, 0.717) is 13.1 Å². The fourth-order valence-electron chi connectivity index (χ4n) is 2.62. The molecule has 0 amide bonds. The number of rotatable bonds is 16. The lowest BCUT2D eigenvalue weighted by atomic mass is 10.1. The predicted molar refractivity (Wildman–Crippen MR) is 94.3 cm³/mol. The van der Waals surface area contributed by atoms with E-state index in [1.807, 2.05) is 0 Å². The average molecular weight is 324 g/mol. The van der Waals surface area contributed by atoms with Crippen molar-refractivity contribution in [2.75, 3.05) is 32.8 Å². The summed E-state index contributed by atoms with van der Waals surface area (Å²) in [6, 6.07) is 0. The molecule has 2 N–H and O–H groups in total. The largest absolute Gasteiger partial charge is 0.395 e. The van der Waals surface area contributed by atoms with Gasteiger partial charge in [0.1, 0.15) is 0 Å². The molecule has 0 spiro atoms. The van der Waals surface area contributed by atoms with Gasteiger partial charge in [0.05, 0.1) is 13.2 Å². The fraction of sp³-hybridized carbons (Fsp3) is 1.00. The molecule has 0 rings (SSSR count). The molecule has 21 heavy (non-hydrogen) atoms. The van der Waals surface area contributed by atoms with Crippen molar-refractivity contribution in [3.05, 3.63) is 0 Å². The lowest BCUT2D eigenvalue weighted by Gasteiger charge is -2.19. The molecule has 0 saturated heterocycles. The molecule has 0 aliphatic carbocycles. The molecule has 0 saturated carbocycles. The lowest BCUT2D eigenvalue weighted by molar-refractivity contribution is 0.159. The highest BCUT2D eigenvalue weighted by molar-refractivity contribution is 5.85. The first kappa shape index (κ1) is 23.4. The highest BCUT2D eigenvalue weighted by Crippen LogP contribution is 2.11. The van der Waals surface area contributed by atoms with Crippen molar-refractivity contribution >= 4 is 12.4 Å². The summed E-state index contributed by atoms with van der Waals surface area (Å²) < 4.78 is 0. The second-order valence-corrected chi connectivity index (χ2v) is 5.82. The van der Waals surface area contributed by atoms with Crippen molar-refractivity contribution in [3.8, 4) is 0 Å². The van der Waals surface area contributed by atoms with Gasteiger partial charge in [0.2, 0.25) is 0 Å². The van der Waals surface area contributed by atoms with Gasteiger partial charge in [-0.3, -0.25) is 4.90 Å². The van der Waals surface area contributed by atoms with Crippen LogP contribution in [0.4, 0.5) is 0 Å². The summed E-state index contributed by atoms with van der Waals surface area (Å²) in [5, 5.41) is 17.8. The Morgan fingerprint density at radius 2 is 0.952 bits per heavy atom. The van der Waals surface area contributed by atoms with Gasteiger partial charge in [-0.1, -0.05) is 71.1 Å². The fourth-order valence-corrected chi connectivity index (χ4v) is 2.62. The molecule has 0 aromatic heterocycles. The van der Waals surface area contributed by atoms with E-state index >= 15 is 0 Å². The Kier molecular flexibility index (Phi) is 22.5. The topological polar surface area (TPSA) is 43.7 Å². The quantitative estimate of drug-likeness (QED) is 0.422. The molecule has 0 aliphatic heterocycles. The molecule has 0 unspecified atom stereocenters. The monoisotopic (exact) mass is 323 g/mol. The molecule has 0 radical (unpaired) electrons. The molecule has 130 valence electrons. The van der Waals surface area contributed by atoms with Crippen LogP contribution in [0.2, 0.25) is 0 Å². The Hall–Kier alpha value is 0.170. The zero-order valence-electron chi connectivity index (χ0n) is 14.1. The molecule has 0 atom stereocenters. The summed E-state index contributed by atoms with van der Waals surface area (Å²) in [7, 11) is 0. The maximum atomic E-state index is 8.92. The van der Waals surface area contributed by atoms with Crippen LogP contribution >= 0.6 is 12.4 Å². The number of nitrogens with zero attached hydrogens (tertiary/aromatic N) is 1. The van der Waals surface area contributed by atoms with Crippen LogP contribution in [0.25, 0.3) is 0 Å². The Bertz CT molecular complexity index is 176. The number of aliphatic hydroxyl groups excluding tert-OH is 2. The summed E-state index contributed by atoms with van der Waals surface area (Å²) >= 11 is 0. The number of aliphatic hydroxyl groups is 2. The van der Waals surface area contributed by atoms with Crippen molar-refractivity contribution in [3.63, 3.8) is 0 Å². The molecule has 0 aromatic rings. The molecular formula is C17H38ClNO2. The summed E-state index contributed by atoms with van der Waals surface area (Å²) in [5.41, 5.74) is 0. The van der Waals surface area contributed by atoms with Crippen molar-refractivity contribution < 1.29 is 10.2 Å². The SMILES string of the molecule is CCCCCCCCCCCCCN(CCO)CCO.Cl. The molecule has 0 bridgehead atoms. The molecule has 0 fully saturated rings. The summed E-state index contributed by atoms with van der Waals surface area (Å²) in [4.78, 5) is 2.15.